The van der Waals surface area contributed by atoms with Crippen LogP contribution in [0.3, 0.4) is 0 Å². The minimum absolute atomic E-state index is 0.602. The minimum Gasteiger partial charge on any atom is -0.378 e. The summed E-state index contributed by atoms with van der Waals surface area (Å²) in [4.78, 5) is 0. The molecule has 0 bridgehead atoms. The van der Waals surface area contributed by atoms with Crippen LogP contribution in [0, 0.1) is 18.6 Å². The number of nitrogens with zero attached hydrogens (tertiary/aromatic N) is 2. The van der Waals surface area contributed by atoms with Crippen molar-refractivity contribution in [2.45, 2.75) is 20.4 Å². The standard InChI is InChI=1S/C17H18N4S/c1-12-7-9-14(10-8-12)18-11-16-19-20-17(22)21(16)15-6-4-3-5-13(15)2/h3-10,18H,11H2,1-2H3,(H,20,22). The molecular weight excluding hydrogens is 292 g/mol. The van der Waals surface area contributed by atoms with Crippen molar-refractivity contribution in [3.63, 3.8) is 0 Å². The maximum absolute atomic E-state index is 5.38. The second-order valence-corrected chi connectivity index (χ2v) is 5.67. The second kappa shape index (κ2) is 6.15. The highest BCUT2D eigenvalue weighted by Crippen LogP contribution is 2.17. The summed E-state index contributed by atoms with van der Waals surface area (Å²) in [7, 11) is 0. The molecule has 0 fully saturated rings. The number of aromatic nitrogens is 3. The molecule has 0 spiro atoms. The van der Waals surface area contributed by atoms with Gasteiger partial charge in [0, 0.05) is 5.69 Å². The van der Waals surface area contributed by atoms with Gasteiger partial charge in [0.1, 0.15) is 0 Å². The fraction of sp³-hybridized carbons (Fsp3) is 0.176. The van der Waals surface area contributed by atoms with Gasteiger partial charge in [0.05, 0.1) is 12.2 Å². The summed E-state index contributed by atoms with van der Waals surface area (Å²) in [6.45, 7) is 4.75. The highest BCUT2D eigenvalue weighted by molar-refractivity contribution is 7.71. The first kappa shape index (κ1) is 14.5. The first-order valence-electron chi connectivity index (χ1n) is 7.18. The van der Waals surface area contributed by atoms with Gasteiger partial charge in [-0.3, -0.25) is 9.67 Å². The van der Waals surface area contributed by atoms with Crippen molar-refractivity contribution in [1.29, 1.82) is 0 Å². The molecule has 5 heteroatoms. The lowest BCUT2D eigenvalue weighted by atomic mass is 10.2. The van der Waals surface area contributed by atoms with Crippen molar-refractivity contribution in [2.75, 3.05) is 5.32 Å². The highest BCUT2D eigenvalue weighted by Gasteiger charge is 2.09. The number of nitrogens with one attached hydrogen (secondary N) is 2. The number of aromatic amines is 1. The lowest BCUT2D eigenvalue weighted by Crippen LogP contribution is -2.08. The normalized spacial score (nSPS) is 10.6. The van der Waals surface area contributed by atoms with Gasteiger partial charge < -0.3 is 5.32 Å². The molecule has 1 aromatic heterocycles. The SMILES string of the molecule is Cc1ccc(NCc2n[nH]c(=S)n2-c2ccccc2C)cc1. The maximum atomic E-state index is 5.38. The summed E-state index contributed by atoms with van der Waals surface area (Å²) in [6, 6.07) is 16.4. The van der Waals surface area contributed by atoms with Crippen molar-refractivity contribution in [2.24, 2.45) is 0 Å². The molecule has 2 N–H and O–H groups in total. The van der Waals surface area contributed by atoms with Crippen LogP contribution < -0.4 is 5.32 Å². The molecule has 0 saturated carbocycles. The third-order valence-electron chi connectivity index (χ3n) is 3.60. The van der Waals surface area contributed by atoms with E-state index >= 15 is 0 Å². The quantitative estimate of drug-likeness (QED) is 0.711. The Morgan fingerprint density at radius 2 is 1.82 bits per heavy atom. The number of aryl methyl sites for hydroxylation is 2. The van der Waals surface area contributed by atoms with E-state index in [9.17, 15) is 0 Å². The van der Waals surface area contributed by atoms with Crippen molar-refractivity contribution in [3.05, 3.63) is 70.3 Å². The molecule has 4 nitrogen and oxygen atoms in total. The van der Waals surface area contributed by atoms with Gasteiger partial charge >= 0.3 is 0 Å². The number of hydrogen-bond acceptors (Lipinski definition) is 3. The molecule has 0 aliphatic rings. The molecule has 3 rings (SSSR count). The molecule has 112 valence electrons. The molecule has 0 amide bonds. The number of hydrogen-bond donors (Lipinski definition) is 2. The fourth-order valence-electron chi connectivity index (χ4n) is 2.36. The van der Waals surface area contributed by atoms with Crippen molar-refractivity contribution < 1.29 is 0 Å². The van der Waals surface area contributed by atoms with E-state index in [0.29, 0.717) is 11.3 Å². The maximum Gasteiger partial charge on any atom is 0.199 e. The summed E-state index contributed by atoms with van der Waals surface area (Å²) in [5.41, 5.74) is 4.53. The smallest absolute Gasteiger partial charge is 0.199 e. The van der Waals surface area contributed by atoms with E-state index in [-0.39, 0.29) is 0 Å². The molecule has 0 aliphatic heterocycles. The number of anilines is 1. The lowest BCUT2D eigenvalue weighted by Gasteiger charge is -2.11. The Morgan fingerprint density at radius 1 is 1.09 bits per heavy atom. The van der Waals surface area contributed by atoms with E-state index < -0.39 is 0 Å². The van der Waals surface area contributed by atoms with E-state index in [4.69, 9.17) is 12.2 Å². The fourth-order valence-corrected chi connectivity index (χ4v) is 2.61. The zero-order chi connectivity index (χ0) is 15.5. The summed E-state index contributed by atoms with van der Waals surface area (Å²) >= 11 is 5.38. The number of rotatable bonds is 4. The lowest BCUT2D eigenvalue weighted by molar-refractivity contribution is 0.883. The Morgan fingerprint density at radius 3 is 2.55 bits per heavy atom. The number of benzene rings is 2. The molecule has 0 radical (unpaired) electrons. The Labute approximate surface area is 134 Å². The van der Waals surface area contributed by atoms with Crippen LogP contribution in [0.1, 0.15) is 17.0 Å². The molecule has 2 aromatic carbocycles. The van der Waals surface area contributed by atoms with Crippen molar-refractivity contribution >= 4 is 17.9 Å². The summed E-state index contributed by atoms with van der Waals surface area (Å²) in [6.07, 6.45) is 0. The molecule has 3 aromatic rings. The molecule has 0 aliphatic carbocycles. The van der Waals surface area contributed by atoms with E-state index in [0.717, 1.165) is 22.8 Å². The van der Waals surface area contributed by atoms with Crippen LogP contribution >= 0.6 is 12.2 Å². The average Bonchev–Trinajstić information content (AvgIpc) is 2.88. The molecule has 0 saturated heterocycles. The molecule has 22 heavy (non-hydrogen) atoms. The molecule has 0 atom stereocenters. The van der Waals surface area contributed by atoms with Gasteiger partial charge in [-0.05, 0) is 49.8 Å². The van der Waals surface area contributed by atoms with E-state index in [1.807, 2.05) is 16.7 Å². The first-order valence-corrected chi connectivity index (χ1v) is 7.59. The predicted molar refractivity (Wildman–Crippen MR) is 92.0 cm³/mol. The zero-order valence-electron chi connectivity index (χ0n) is 12.6. The summed E-state index contributed by atoms with van der Waals surface area (Å²) < 4.78 is 2.58. The van der Waals surface area contributed by atoms with Gasteiger partial charge in [0.2, 0.25) is 0 Å². The Bertz CT molecular complexity index is 830. The van der Waals surface area contributed by atoms with Crippen LogP contribution in [0.5, 0.6) is 0 Å². The second-order valence-electron chi connectivity index (χ2n) is 5.29. The van der Waals surface area contributed by atoms with E-state index in [2.05, 4.69) is 65.8 Å². The zero-order valence-corrected chi connectivity index (χ0v) is 13.4. The van der Waals surface area contributed by atoms with Crippen LogP contribution in [-0.4, -0.2) is 14.8 Å². The third kappa shape index (κ3) is 2.94. The van der Waals surface area contributed by atoms with Crippen LogP contribution in [0.25, 0.3) is 5.69 Å². The third-order valence-corrected chi connectivity index (χ3v) is 3.87. The van der Waals surface area contributed by atoms with Gasteiger partial charge in [-0.15, -0.1) is 0 Å². The molecular formula is C17H18N4S. The van der Waals surface area contributed by atoms with Gasteiger partial charge in [-0.1, -0.05) is 35.9 Å². The monoisotopic (exact) mass is 310 g/mol. The van der Waals surface area contributed by atoms with Crippen LogP contribution in [0.15, 0.2) is 48.5 Å². The largest absolute Gasteiger partial charge is 0.378 e. The average molecular weight is 310 g/mol. The topological polar surface area (TPSA) is 45.6 Å². The van der Waals surface area contributed by atoms with Crippen LogP contribution in [0.2, 0.25) is 0 Å². The first-order chi connectivity index (χ1) is 10.6. The van der Waals surface area contributed by atoms with Gasteiger partial charge in [0.15, 0.2) is 10.6 Å². The van der Waals surface area contributed by atoms with Crippen molar-refractivity contribution in [3.8, 4) is 5.69 Å². The van der Waals surface area contributed by atoms with Crippen LogP contribution in [-0.2, 0) is 6.54 Å². The highest BCUT2D eigenvalue weighted by atomic mass is 32.1. The van der Waals surface area contributed by atoms with Gasteiger partial charge in [-0.25, -0.2) is 0 Å². The minimum atomic E-state index is 0.602. The van der Waals surface area contributed by atoms with Gasteiger partial charge in [0.25, 0.3) is 0 Å². The predicted octanol–water partition coefficient (Wildman–Crippen LogP) is 4.16. The number of para-hydroxylation sites is 1. The summed E-state index contributed by atoms with van der Waals surface area (Å²) in [5.74, 6) is 0.861. The molecule has 1 heterocycles. The summed E-state index contributed by atoms with van der Waals surface area (Å²) in [5, 5.41) is 10.6. The van der Waals surface area contributed by atoms with Crippen molar-refractivity contribution in [1.82, 2.24) is 14.8 Å². The Kier molecular flexibility index (Phi) is 4.06. The van der Waals surface area contributed by atoms with E-state index in [1.54, 1.807) is 0 Å². The Balaban J connectivity index is 1.88. The van der Waals surface area contributed by atoms with Gasteiger partial charge in [-0.2, -0.15) is 5.10 Å². The molecule has 0 unspecified atom stereocenters. The van der Waals surface area contributed by atoms with E-state index in [1.165, 1.54) is 5.56 Å². The number of H-pyrrole nitrogens is 1. The van der Waals surface area contributed by atoms with Crippen LogP contribution in [0.4, 0.5) is 5.69 Å². The Hall–Kier alpha value is -2.40.